The first-order valence-corrected chi connectivity index (χ1v) is 6.19. The van der Waals surface area contributed by atoms with Crippen LogP contribution in [0.5, 0.6) is 0 Å². The number of halogens is 2. The molecule has 2 saturated heterocycles. The Kier molecular flexibility index (Phi) is 5.47. The molecule has 0 amide bonds. The summed E-state index contributed by atoms with van der Waals surface area (Å²) < 4.78 is 0. The average Bonchev–Trinajstić information content (AvgIpc) is 2.85. The number of likely N-dealkylation sites (tertiary alicyclic amines) is 1. The van der Waals surface area contributed by atoms with Crippen LogP contribution in [-0.4, -0.2) is 35.6 Å². The summed E-state index contributed by atoms with van der Waals surface area (Å²) in [5.41, 5.74) is 3.16. The predicted octanol–water partition coefficient (Wildman–Crippen LogP) is 1.78. The fourth-order valence-electron chi connectivity index (χ4n) is 2.66. The smallest absolute Gasteiger partial charge is 0.0795 e. The quantitative estimate of drug-likeness (QED) is 0.896. The highest BCUT2D eigenvalue weighted by molar-refractivity contribution is 7.07. The van der Waals surface area contributed by atoms with Crippen molar-refractivity contribution >= 4 is 36.2 Å². The molecule has 0 bridgehead atoms. The van der Waals surface area contributed by atoms with E-state index in [-0.39, 0.29) is 24.8 Å². The van der Waals surface area contributed by atoms with Crippen LogP contribution >= 0.6 is 36.2 Å². The number of aromatic nitrogens is 1. The van der Waals surface area contributed by atoms with Crippen LogP contribution < -0.4 is 5.32 Å². The van der Waals surface area contributed by atoms with E-state index in [1.807, 2.05) is 5.51 Å². The van der Waals surface area contributed by atoms with Crippen molar-refractivity contribution in [2.45, 2.75) is 19.0 Å². The molecule has 0 unspecified atom stereocenters. The normalized spacial score (nSPS) is 28.2. The van der Waals surface area contributed by atoms with Crippen molar-refractivity contribution in [3.05, 3.63) is 16.6 Å². The Labute approximate surface area is 112 Å². The minimum absolute atomic E-state index is 0. The molecule has 0 aliphatic carbocycles. The molecule has 16 heavy (non-hydrogen) atoms. The molecule has 0 radical (unpaired) electrons. The van der Waals surface area contributed by atoms with Gasteiger partial charge in [0, 0.05) is 24.5 Å². The van der Waals surface area contributed by atoms with Crippen LogP contribution in [0.1, 0.15) is 12.1 Å². The molecule has 1 aromatic rings. The number of nitrogens with one attached hydrogen (secondary N) is 1. The summed E-state index contributed by atoms with van der Waals surface area (Å²) >= 11 is 1.69. The third kappa shape index (κ3) is 2.68. The number of rotatable bonds is 2. The molecule has 92 valence electrons. The van der Waals surface area contributed by atoms with E-state index in [4.69, 9.17) is 0 Å². The lowest BCUT2D eigenvalue weighted by atomic mass is 10.1. The van der Waals surface area contributed by atoms with E-state index in [9.17, 15) is 0 Å². The predicted molar refractivity (Wildman–Crippen MR) is 71.8 cm³/mol. The third-order valence-corrected chi connectivity index (χ3v) is 4.04. The van der Waals surface area contributed by atoms with Crippen molar-refractivity contribution in [3.63, 3.8) is 0 Å². The molecule has 2 aliphatic rings. The maximum Gasteiger partial charge on any atom is 0.0795 e. The fourth-order valence-corrected chi connectivity index (χ4v) is 3.21. The second-order valence-corrected chi connectivity index (χ2v) is 4.94. The van der Waals surface area contributed by atoms with Gasteiger partial charge < -0.3 is 5.32 Å². The van der Waals surface area contributed by atoms with Crippen molar-refractivity contribution in [2.24, 2.45) is 5.92 Å². The Morgan fingerprint density at radius 1 is 1.44 bits per heavy atom. The molecule has 1 aromatic heterocycles. The molecule has 2 atom stereocenters. The lowest BCUT2D eigenvalue weighted by Gasteiger charge is -2.21. The van der Waals surface area contributed by atoms with Gasteiger partial charge in [0.2, 0.25) is 0 Å². The van der Waals surface area contributed by atoms with Gasteiger partial charge in [-0.2, -0.15) is 0 Å². The summed E-state index contributed by atoms with van der Waals surface area (Å²) in [5, 5.41) is 5.64. The van der Waals surface area contributed by atoms with Gasteiger partial charge in [-0.25, -0.2) is 4.98 Å². The molecule has 6 heteroatoms. The summed E-state index contributed by atoms with van der Waals surface area (Å²) in [4.78, 5) is 6.93. The molecular weight excluding hydrogens is 265 g/mol. The van der Waals surface area contributed by atoms with Gasteiger partial charge in [0.1, 0.15) is 0 Å². The highest BCUT2D eigenvalue weighted by atomic mass is 35.5. The van der Waals surface area contributed by atoms with Crippen LogP contribution in [0.2, 0.25) is 0 Å². The van der Waals surface area contributed by atoms with Gasteiger partial charge in [-0.1, -0.05) is 0 Å². The molecule has 0 saturated carbocycles. The first-order valence-electron chi connectivity index (χ1n) is 5.25. The molecule has 3 heterocycles. The third-order valence-electron chi connectivity index (χ3n) is 3.41. The topological polar surface area (TPSA) is 28.2 Å². The highest BCUT2D eigenvalue weighted by Gasteiger charge is 2.37. The molecule has 1 N–H and O–H groups in total. The van der Waals surface area contributed by atoms with Gasteiger partial charge in [-0.3, -0.25) is 4.90 Å². The zero-order chi connectivity index (χ0) is 9.38. The monoisotopic (exact) mass is 281 g/mol. The van der Waals surface area contributed by atoms with Crippen LogP contribution in [0.15, 0.2) is 10.9 Å². The van der Waals surface area contributed by atoms with Crippen molar-refractivity contribution in [1.29, 1.82) is 0 Å². The van der Waals surface area contributed by atoms with Gasteiger partial charge >= 0.3 is 0 Å². The standard InChI is InChI=1S/C10H15N3S.2ClH/c1-2-13(5-9-6-14-7-12-9)10-4-11-3-8(1)10;;/h6-8,10-11H,1-5H2;2*1H/t8-,10+;;/m0../s1. The lowest BCUT2D eigenvalue weighted by Crippen LogP contribution is -2.33. The summed E-state index contributed by atoms with van der Waals surface area (Å²) in [5.74, 6) is 0.897. The Morgan fingerprint density at radius 3 is 3.06 bits per heavy atom. The first kappa shape index (κ1) is 14.2. The van der Waals surface area contributed by atoms with Crippen LogP contribution in [0, 0.1) is 5.92 Å². The van der Waals surface area contributed by atoms with E-state index in [1.165, 1.54) is 31.7 Å². The Hall–Kier alpha value is 0.130. The molecule has 3 nitrogen and oxygen atoms in total. The Bertz CT molecular complexity index is 307. The van der Waals surface area contributed by atoms with Crippen LogP contribution in [0.3, 0.4) is 0 Å². The average molecular weight is 282 g/mol. The summed E-state index contributed by atoms with van der Waals surface area (Å²) in [6, 6.07) is 0.775. The van der Waals surface area contributed by atoms with Crippen molar-refractivity contribution < 1.29 is 0 Å². The number of fused-ring (bicyclic) bond motifs is 1. The first-order chi connectivity index (χ1) is 6.93. The minimum Gasteiger partial charge on any atom is -0.315 e. The number of thiazole rings is 1. The van der Waals surface area contributed by atoms with Crippen molar-refractivity contribution in [2.75, 3.05) is 19.6 Å². The Balaban J connectivity index is 0.000000640. The maximum atomic E-state index is 4.35. The summed E-state index contributed by atoms with van der Waals surface area (Å²) in [6.45, 7) is 4.70. The van der Waals surface area contributed by atoms with Gasteiger partial charge in [-0.05, 0) is 25.4 Å². The molecule has 3 rings (SSSR count). The molecule has 0 spiro atoms. The number of hydrogen-bond donors (Lipinski definition) is 1. The van der Waals surface area contributed by atoms with Gasteiger partial charge in [0.25, 0.3) is 0 Å². The van der Waals surface area contributed by atoms with E-state index in [2.05, 4.69) is 20.6 Å². The van der Waals surface area contributed by atoms with E-state index in [1.54, 1.807) is 11.3 Å². The second-order valence-electron chi connectivity index (χ2n) is 4.22. The fraction of sp³-hybridized carbons (Fsp3) is 0.700. The SMILES string of the molecule is Cl.Cl.c1nc(CN2CC[C@H]3CNC[C@H]32)cs1. The van der Waals surface area contributed by atoms with Gasteiger partial charge in [0.15, 0.2) is 0 Å². The number of hydrogen-bond acceptors (Lipinski definition) is 4. The minimum atomic E-state index is 0. The van der Waals surface area contributed by atoms with E-state index >= 15 is 0 Å². The molecule has 2 aliphatic heterocycles. The summed E-state index contributed by atoms with van der Waals surface area (Å²) in [7, 11) is 0. The zero-order valence-electron chi connectivity index (χ0n) is 8.96. The molecule has 0 aromatic carbocycles. The van der Waals surface area contributed by atoms with E-state index in [0.29, 0.717) is 0 Å². The highest BCUT2D eigenvalue weighted by Crippen LogP contribution is 2.28. The van der Waals surface area contributed by atoms with Gasteiger partial charge in [0.05, 0.1) is 11.2 Å². The Morgan fingerprint density at radius 2 is 2.31 bits per heavy atom. The summed E-state index contributed by atoms with van der Waals surface area (Å²) in [6.07, 6.45) is 1.36. The van der Waals surface area contributed by atoms with Crippen LogP contribution in [0.4, 0.5) is 0 Å². The van der Waals surface area contributed by atoms with E-state index in [0.717, 1.165) is 18.5 Å². The molecular formula is C10H17Cl2N3S. The molecule has 2 fully saturated rings. The number of nitrogens with zero attached hydrogens (tertiary/aromatic N) is 2. The van der Waals surface area contributed by atoms with Crippen molar-refractivity contribution in [3.8, 4) is 0 Å². The largest absolute Gasteiger partial charge is 0.315 e. The van der Waals surface area contributed by atoms with Crippen molar-refractivity contribution in [1.82, 2.24) is 15.2 Å². The van der Waals surface area contributed by atoms with Crippen LogP contribution in [-0.2, 0) is 6.54 Å². The zero-order valence-corrected chi connectivity index (χ0v) is 11.4. The lowest BCUT2D eigenvalue weighted by molar-refractivity contribution is 0.241. The maximum absolute atomic E-state index is 4.35. The second kappa shape index (κ2) is 6.17. The van der Waals surface area contributed by atoms with Gasteiger partial charge in [-0.15, -0.1) is 36.2 Å². The van der Waals surface area contributed by atoms with E-state index < -0.39 is 0 Å². The van der Waals surface area contributed by atoms with Crippen LogP contribution in [0.25, 0.3) is 0 Å².